The van der Waals surface area contributed by atoms with Gasteiger partial charge in [-0.1, -0.05) is 158 Å². The van der Waals surface area contributed by atoms with Gasteiger partial charge in [0.05, 0.1) is 11.4 Å². The minimum absolute atomic E-state index is 0.615. The maximum absolute atomic E-state index is 5.10. The molecule has 0 aliphatic rings. The van der Waals surface area contributed by atoms with E-state index in [1.54, 1.807) is 11.3 Å². The zero-order valence-corrected chi connectivity index (χ0v) is 30.4. The van der Waals surface area contributed by atoms with Crippen LogP contribution in [0.2, 0.25) is 0 Å². The largest absolute Gasteiger partial charge is 0.228 e. The van der Waals surface area contributed by atoms with Gasteiger partial charge in [0.1, 0.15) is 0 Å². The van der Waals surface area contributed by atoms with Gasteiger partial charge in [0, 0.05) is 53.6 Å². The van der Waals surface area contributed by atoms with Crippen LogP contribution in [-0.4, -0.2) is 24.9 Å². The third-order valence-corrected chi connectivity index (χ3v) is 10.9. The van der Waals surface area contributed by atoms with Gasteiger partial charge < -0.3 is 0 Å². The van der Waals surface area contributed by atoms with E-state index in [9.17, 15) is 0 Å². The Morgan fingerprint density at radius 1 is 0.255 bits per heavy atom. The molecule has 10 aromatic rings. The molecule has 0 saturated carbocycles. The fourth-order valence-electron chi connectivity index (χ4n) is 6.98. The van der Waals surface area contributed by atoms with E-state index >= 15 is 0 Å². The summed E-state index contributed by atoms with van der Waals surface area (Å²) in [5.74, 6) is 2.56. The third-order valence-electron chi connectivity index (χ3n) is 9.74. The van der Waals surface area contributed by atoms with Crippen LogP contribution in [0.3, 0.4) is 0 Å². The molecule has 0 unspecified atom stereocenters. The molecular weight excluding hydrogens is 691 g/mol. The van der Waals surface area contributed by atoms with Crippen molar-refractivity contribution in [1.29, 1.82) is 0 Å². The maximum atomic E-state index is 5.10. The lowest BCUT2D eigenvalue weighted by molar-refractivity contribution is 1.07. The van der Waals surface area contributed by atoms with Crippen molar-refractivity contribution in [2.24, 2.45) is 0 Å². The Kier molecular flexibility index (Phi) is 8.28. The van der Waals surface area contributed by atoms with Crippen molar-refractivity contribution in [3.8, 4) is 79.2 Å². The molecule has 0 radical (unpaired) electrons. The van der Waals surface area contributed by atoms with E-state index in [2.05, 4.69) is 121 Å². The van der Waals surface area contributed by atoms with Gasteiger partial charge in [0.2, 0.25) is 0 Å². The van der Waals surface area contributed by atoms with Crippen molar-refractivity contribution in [2.45, 2.75) is 0 Å². The SMILES string of the molecule is c1ccc(-c2cc(-c3ccccc3)nc(-c3cccc(-c4cccc(-c5nc(-c6ccccc6)nc(-c6ccc7c(c6)sc6ccccc67)n5)c4)c3)n2)cc1. The fourth-order valence-corrected chi connectivity index (χ4v) is 8.13. The highest BCUT2D eigenvalue weighted by molar-refractivity contribution is 7.25. The molecule has 55 heavy (non-hydrogen) atoms. The first-order valence-corrected chi connectivity index (χ1v) is 19.0. The number of thiophene rings is 1. The minimum Gasteiger partial charge on any atom is -0.228 e. The van der Waals surface area contributed by atoms with Crippen LogP contribution < -0.4 is 0 Å². The summed E-state index contributed by atoms with van der Waals surface area (Å²) in [4.78, 5) is 25.3. The minimum atomic E-state index is 0.615. The van der Waals surface area contributed by atoms with Crippen LogP contribution in [0.4, 0.5) is 0 Å². The van der Waals surface area contributed by atoms with Crippen LogP contribution >= 0.6 is 11.3 Å². The van der Waals surface area contributed by atoms with Crippen LogP contribution in [0.5, 0.6) is 0 Å². The first kappa shape index (κ1) is 32.5. The summed E-state index contributed by atoms with van der Waals surface area (Å²) in [5.41, 5.74) is 9.65. The Morgan fingerprint density at radius 2 is 0.673 bits per heavy atom. The highest BCUT2D eigenvalue weighted by Crippen LogP contribution is 2.37. The van der Waals surface area contributed by atoms with Crippen LogP contribution in [0.1, 0.15) is 0 Å². The molecule has 3 aromatic heterocycles. The summed E-state index contributed by atoms with van der Waals surface area (Å²) in [5, 5.41) is 2.51. The van der Waals surface area contributed by atoms with Crippen molar-refractivity contribution >= 4 is 31.5 Å². The van der Waals surface area contributed by atoms with Crippen molar-refractivity contribution in [3.05, 3.63) is 188 Å². The highest BCUT2D eigenvalue weighted by Gasteiger charge is 2.16. The van der Waals surface area contributed by atoms with Gasteiger partial charge in [-0.25, -0.2) is 24.9 Å². The molecule has 0 aliphatic carbocycles. The molecule has 258 valence electrons. The normalized spacial score (nSPS) is 11.3. The second-order valence-corrected chi connectivity index (χ2v) is 14.4. The summed E-state index contributed by atoms with van der Waals surface area (Å²) in [6.45, 7) is 0. The number of nitrogens with zero attached hydrogens (tertiary/aromatic N) is 5. The van der Waals surface area contributed by atoms with Gasteiger partial charge >= 0.3 is 0 Å². The summed E-state index contributed by atoms with van der Waals surface area (Å²) in [6, 6.07) is 64.6. The van der Waals surface area contributed by atoms with E-state index < -0.39 is 0 Å². The van der Waals surface area contributed by atoms with Crippen molar-refractivity contribution in [1.82, 2.24) is 24.9 Å². The maximum Gasteiger partial charge on any atom is 0.164 e. The van der Waals surface area contributed by atoms with Crippen LogP contribution in [0, 0.1) is 0 Å². The molecule has 0 fully saturated rings. The van der Waals surface area contributed by atoms with E-state index in [4.69, 9.17) is 24.9 Å². The Hall–Kier alpha value is -7.15. The lowest BCUT2D eigenvalue weighted by Gasteiger charge is -2.11. The first-order valence-electron chi connectivity index (χ1n) is 18.2. The van der Waals surface area contributed by atoms with E-state index in [0.29, 0.717) is 23.3 Å². The topological polar surface area (TPSA) is 64.5 Å². The lowest BCUT2D eigenvalue weighted by Crippen LogP contribution is -2.00. The Bertz CT molecular complexity index is 2920. The average Bonchev–Trinajstić information content (AvgIpc) is 3.65. The Morgan fingerprint density at radius 3 is 1.25 bits per heavy atom. The summed E-state index contributed by atoms with van der Waals surface area (Å²) in [6.07, 6.45) is 0. The summed E-state index contributed by atoms with van der Waals surface area (Å²) in [7, 11) is 0. The fraction of sp³-hybridized carbons (Fsp3) is 0. The molecule has 3 heterocycles. The predicted octanol–water partition coefficient (Wildman–Crippen LogP) is 12.7. The molecule has 0 saturated heterocycles. The third kappa shape index (κ3) is 6.45. The molecule has 0 N–H and O–H groups in total. The van der Waals surface area contributed by atoms with Gasteiger partial charge in [0.15, 0.2) is 23.3 Å². The monoisotopic (exact) mass is 721 g/mol. The molecule has 10 rings (SSSR count). The molecule has 6 heteroatoms. The van der Waals surface area contributed by atoms with E-state index in [-0.39, 0.29) is 0 Å². The number of benzene rings is 7. The molecule has 0 amide bonds. The molecule has 0 atom stereocenters. The standard InChI is InChI=1S/C49H31N5S/c1-4-14-32(15-5-1)42-31-43(33-16-6-2-7-17-33)51-47(50-42)37-22-12-20-35(28-37)36-21-13-23-38(29-36)48-52-46(34-18-8-3-9-19-34)53-49(54-48)39-26-27-41-40-24-10-11-25-44(40)55-45(41)30-39/h1-31H. The van der Waals surface area contributed by atoms with Gasteiger partial charge in [-0.05, 0) is 41.5 Å². The van der Waals surface area contributed by atoms with E-state index in [0.717, 1.165) is 55.9 Å². The Balaban J connectivity index is 1.06. The number of hydrogen-bond acceptors (Lipinski definition) is 6. The number of aromatic nitrogens is 5. The van der Waals surface area contributed by atoms with Crippen molar-refractivity contribution < 1.29 is 0 Å². The predicted molar refractivity (Wildman–Crippen MR) is 226 cm³/mol. The summed E-state index contributed by atoms with van der Waals surface area (Å²) >= 11 is 1.79. The Labute approximate surface area is 322 Å². The zero-order chi connectivity index (χ0) is 36.6. The van der Waals surface area contributed by atoms with E-state index in [1.807, 2.05) is 66.7 Å². The average molecular weight is 722 g/mol. The first-order chi connectivity index (χ1) is 27.2. The number of rotatable bonds is 7. The number of hydrogen-bond donors (Lipinski definition) is 0. The van der Waals surface area contributed by atoms with Crippen LogP contribution in [-0.2, 0) is 0 Å². The second kappa shape index (κ2) is 14.0. The molecule has 0 spiro atoms. The zero-order valence-electron chi connectivity index (χ0n) is 29.5. The smallest absolute Gasteiger partial charge is 0.164 e. The molecule has 7 aromatic carbocycles. The van der Waals surface area contributed by atoms with E-state index in [1.165, 1.54) is 20.2 Å². The second-order valence-electron chi connectivity index (χ2n) is 13.3. The molecule has 0 bridgehead atoms. The molecular formula is C49H31N5S. The quantitative estimate of drug-likeness (QED) is 0.164. The van der Waals surface area contributed by atoms with Gasteiger partial charge in [-0.3, -0.25) is 0 Å². The van der Waals surface area contributed by atoms with Crippen LogP contribution in [0.15, 0.2) is 188 Å². The van der Waals surface area contributed by atoms with Gasteiger partial charge in [-0.15, -0.1) is 11.3 Å². The van der Waals surface area contributed by atoms with Crippen LogP contribution in [0.25, 0.3) is 99.4 Å². The lowest BCUT2D eigenvalue weighted by atomic mass is 10.00. The number of fused-ring (bicyclic) bond motifs is 3. The van der Waals surface area contributed by atoms with Crippen molar-refractivity contribution in [2.75, 3.05) is 0 Å². The highest BCUT2D eigenvalue weighted by atomic mass is 32.1. The molecule has 5 nitrogen and oxygen atoms in total. The van der Waals surface area contributed by atoms with Gasteiger partial charge in [-0.2, -0.15) is 0 Å². The summed E-state index contributed by atoms with van der Waals surface area (Å²) < 4.78 is 2.47. The van der Waals surface area contributed by atoms with Gasteiger partial charge in [0.25, 0.3) is 0 Å². The molecule has 0 aliphatic heterocycles. The van der Waals surface area contributed by atoms with Crippen molar-refractivity contribution in [3.63, 3.8) is 0 Å².